The van der Waals surface area contributed by atoms with E-state index in [0.29, 0.717) is 0 Å². The summed E-state index contributed by atoms with van der Waals surface area (Å²) in [4.78, 5) is 0. The number of rotatable bonds is 4. The Bertz CT molecular complexity index is 49.3. The van der Waals surface area contributed by atoms with E-state index in [1.54, 1.807) is 14.2 Å². The molecule has 0 spiro atoms. The highest BCUT2D eigenvalue weighted by Crippen LogP contribution is 1.93. The van der Waals surface area contributed by atoms with Gasteiger partial charge in [0, 0.05) is 20.3 Å². The third kappa shape index (κ3) is 3.14. The maximum atomic E-state index is 5.36. The molecule has 0 saturated carbocycles. The van der Waals surface area contributed by atoms with Crippen molar-refractivity contribution in [3.8, 4) is 0 Å². The maximum Gasteiger partial charge on any atom is 0.155 e. The van der Waals surface area contributed by atoms with Crippen LogP contribution in [0.15, 0.2) is 0 Å². The van der Waals surface area contributed by atoms with Crippen LogP contribution >= 0.6 is 0 Å². The summed E-state index contributed by atoms with van der Waals surface area (Å²) in [5, 5.41) is 5.36. The molecule has 8 heavy (non-hydrogen) atoms. The van der Waals surface area contributed by atoms with E-state index in [2.05, 4.69) is 0 Å². The third-order valence-corrected chi connectivity index (χ3v) is 1.73. The molecule has 0 radical (unpaired) electrons. The molecule has 0 aromatic carbocycles. The van der Waals surface area contributed by atoms with Gasteiger partial charge in [0.15, 0.2) is 6.29 Å². The zero-order chi connectivity index (χ0) is 6.41. The van der Waals surface area contributed by atoms with Crippen LogP contribution in [-0.2, 0) is 9.47 Å². The minimum absolute atomic E-state index is 0.0633. The van der Waals surface area contributed by atoms with E-state index >= 15 is 0 Å². The molecular formula is C4H13NO2Si. The number of hydrogen-bond acceptors (Lipinski definition) is 3. The smallest absolute Gasteiger partial charge is 0.155 e. The van der Waals surface area contributed by atoms with E-state index in [4.69, 9.17) is 14.9 Å². The van der Waals surface area contributed by atoms with Gasteiger partial charge in [-0.1, -0.05) is 0 Å². The first kappa shape index (κ1) is 8.10. The fourth-order valence-corrected chi connectivity index (χ4v) is 1.21. The van der Waals surface area contributed by atoms with Gasteiger partial charge in [0.1, 0.15) is 0 Å². The van der Waals surface area contributed by atoms with Crippen LogP contribution in [0, 0.1) is 0 Å². The highest BCUT2D eigenvalue weighted by atomic mass is 28.2. The molecule has 0 aromatic rings. The molecule has 50 valence electrons. The van der Waals surface area contributed by atoms with Crippen LogP contribution in [-0.4, -0.2) is 30.2 Å². The Balaban J connectivity index is 3.07. The first-order valence-electron chi connectivity index (χ1n) is 2.60. The first-order valence-corrected chi connectivity index (χ1v) is 4.42. The maximum absolute atomic E-state index is 5.36. The van der Waals surface area contributed by atoms with Gasteiger partial charge in [0.2, 0.25) is 0 Å². The highest BCUT2D eigenvalue weighted by Gasteiger charge is 2.00. The lowest BCUT2D eigenvalue weighted by molar-refractivity contribution is -0.0876. The molecule has 0 aliphatic carbocycles. The zero-order valence-corrected chi connectivity index (χ0v) is 6.80. The summed E-state index contributed by atoms with van der Waals surface area (Å²) in [6, 6.07) is 0.896. The molecule has 0 amide bonds. The lowest BCUT2D eigenvalue weighted by Crippen LogP contribution is -2.19. The Morgan fingerprint density at radius 3 is 2.12 bits per heavy atom. The Hall–Kier alpha value is 0.0969. The molecule has 0 aromatic heterocycles. The number of methoxy groups -OCH3 is 2. The fraction of sp³-hybridized carbons (Fsp3) is 1.00. The van der Waals surface area contributed by atoms with Crippen molar-refractivity contribution in [1.82, 2.24) is 0 Å². The first-order chi connectivity index (χ1) is 3.85. The molecule has 4 heteroatoms. The lowest BCUT2D eigenvalue weighted by Gasteiger charge is -2.09. The van der Waals surface area contributed by atoms with Crippen molar-refractivity contribution in [2.45, 2.75) is 12.3 Å². The van der Waals surface area contributed by atoms with Gasteiger partial charge >= 0.3 is 0 Å². The van der Waals surface area contributed by atoms with Gasteiger partial charge in [-0.3, -0.25) is 0 Å². The summed E-state index contributed by atoms with van der Waals surface area (Å²) in [5.41, 5.74) is 0. The molecule has 0 fully saturated rings. The van der Waals surface area contributed by atoms with Gasteiger partial charge < -0.3 is 14.9 Å². The average molecular weight is 135 g/mol. The van der Waals surface area contributed by atoms with Crippen molar-refractivity contribution in [2.75, 3.05) is 14.2 Å². The van der Waals surface area contributed by atoms with Crippen LogP contribution in [0.2, 0.25) is 6.04 Å². The Kier molecular flexibility index (Phi) is 5.30. The molecule has 0 aliphatic rings. The van der Waals surface area contributed by atoms with Crippen molar-refractivity contribution in [3.05, 3.63) is 0 Å². The van der Waals surface area contributed by atoms with Gasteiger partial charge in [-0.15, -0.1) is 0 Å². The van der Waals surface area contributed by atoms with Crippen LogP contribution in [0.1, 0.15) is 0 Å². The van der Waals surface area contributed by atoms with Crippen LogP contribution in [0.5, 0.6) is 0 Å². The molecule has 2 N–H and O–H groups in total. The number of ether oxygens (including phenoxy) is 2. The lowest BCUT2D eigenvalue weighted by atomic mass is 10.7. The Morgan fingerprint density at radius 1 is 1.50 bits per heavy atom. The molecule has 0 heterocycles. The molecular weight excluding hydrogens is 122 g/mol. The van der Waals surface area contributed by atoms with E-state index in [9.17, 15) is 0 Å². The minimum Gasteiger partial charge on any atom is -0.356 e. The second kappa shape index (κ2) is 5.24. The fourth-order valence-electron chi connectivity index (χ4n) is 0.468. The third-order valence-electron chi connectivity index (χ3n) is 0.928. The Labute approximate surface area is 52.1 Å². The van der Waals surface area contributed by atoms with E-state index in [-0.39, 0.29) is 6.29 Å². The SMILES string of the molecule is COC(C[SiH2]N)OC. The van der Waals surface area contributed by atoms with Crippen molar-refractivity contribution < 1.29 is 9.47 Å². The minimum atomic E-state index is -0.405. The van der Waals surface area contributed by atoms with Gasteiger partial charge in [0.25, 0.3) is 0 Å². The standard InChI is InChI=1S/C4H13NO2Si/c1-6-4(7-2)3-8-5/h4H,3,5,8H2,1-2H3. The van der Waals surface area contributed by atoms with Crippen molar-refractivity contribution in [3.63, 3.8) is 0 Å². The van der Waals surface area contributed by atoms with Gasteiger partial charge in [-0.25, -0.2) is 0 Å². The largest absolute Gasteiger partial charge is 0.356 e. The number of nitrogens with two attached hydrogens (primary N) is 1. The highest BCUT2D eigenvalue weighted by molar-refractivity contribution is 6.31. The van der Waals surface area contributed by atoms with E-state index in [0.717, 1.165) is 6.04 Å². The summed E-state index contributed by atoms with van der Waals surface area (Å²) in [7, 11) is 2.84. The van der Waals surface area contributed by atoms with E-state index in [1.165, 1.54) is 0 Å². The van der Waals surface area contributed by atoms with Crippen LogP contribution in [0.25, 0.3) is 0 Å². The molecule has 0 unspecified atom stereocenters. The second-order valence-corrected chi connectivity index (χ2v) is 2.63. The number of hydrogen-bond donors (Lipinski definition) is 1. The molecule has 0 bridgehead atoms. The average Bonchev–Trinajstić information content (AvgIpc) is 1.83. The van der Waals surface area contributed by atoms with Crippen molar-refractivity contribution >= 4 is 9.68 Å². The quantitative estimate of drug-likeness (QED) is 0.400. The van der Waals surface area contributed by atoms with Gasteiger partial charge in [0.05, 0.1) is 9.68 Å². The van der Waals surface area contributed by atoms with Crippen molar-refractivity contribution in [1.29, 1.82) is 0 Å². The summed E-state index contributed by atoms with van der Waals surface area (Å²) in [6.45, 7) is 0. The van der Waals surface area contributed by atoms with Crippen LogP contribution in [0.4, 0.5) is 0 Å². The molecule has 0 rings (SSSR count). The van der Waals surface area contributed by atoms with E-state index < -0.39 is 9.68 Å². The molecule has 3 nitrogen and oxygen atoms in total. The second-order valence-electron chi connectivity index (χ2n) is 1.48. The topological polar surface area (TPSA) is 44.5 Å². The normalized spacial score (nSPS) is 12.0. The van der Waals surface area contributed by atoms with Crippen molar-refractivity contribution in [2.24, 2.45) is 5.40 Å². The van der Waals surface area contributed by atoms with Gasteiger partial charge in [-0.2, -0.15) is 0 Å². The molecule has 0 atom stereocenters. The summed E-state index contributed by atoms with van der Waals surface area (Å²) in [6.07, 6.45) is -0.0633. The summed E-state index contributed by atoms with van der Waals surface area (Å²) in [5.74, 6) is 0. The summed E-state index contributed by atoms with van der Waals surface area (Å²) >= 11 is 0. The predicted molar refractivity (Wildman–Crippen MR) is 35.3 cm³/mol. The Morgan fingerprint density at radius 2 is 2.00 bits per heavy atom. The zero-order valence-electron chi connectivity index (χ0n) is 5.39. The monoisotopic (exact) mass is 135 g/mol. The van der Waals surface area contributed by atoms with Crippen LogP contribution < -0.4 is 5.40 Å². The molecule has 0 aliphatic heterocycles. The molecule has 0 saturated heterocycles. The van der Waals surface area contributed by atoms with Crippen LogP contribution in [0.3, 0.4) is 0 Å². The van der Waals surface area contributed by atoms with Gasteiger partial charge in [-0.05, 0) is 0 Å². The van der Waals surface area contributed by atoms with E-state index in [1.807, 2.05) is 0 Å². The predicted octanol–water partition coefficient (Wildman–Crippen LogP) is -0.934. The summed E-state index contributed by atoms with van der Waals surface area (Å²) < 4.78 is 9.74.